The third-order valence-corrected chi connectivity index (χ3v) is 4.56. The molecule has 162 valence electrons. The van der Waals surface area contributed by atoms with E-state index >= 15 is 0 Å². The molecular formula is C24H25NO6. The van der Waals surface area contributed by atoms with Crippen molar-refractivity contribution in [3.8, 4) is 11.3 Å². The number of hydrogen-bond donors (Lipinski definition) is 1. The summed E-state index contributed by atoms with van der Waals surface area (Å²) in [5.74, 6) is -0.113. The summed E-state index contributed by atoms with van der Waals surface area (Å²) in [7, 11) is 1.25. The van der Waals surface area contributed by atoms with E-state index in [0.29, 0.717) is 22.3 Å². The fraction of sp³-hybridized carbons (Fsp3) is 0.292. The van der Waals surface area contributed by atoms with Gasteiger partial charge in [-0.05, 0) is 38.5 Å². The van der Waals surface area contributed by atoms with Gasteiger partial charge in [-0.1, -0.05) is 36.4 Å². The van der Waals surface area contributed by atoms with Gasteiger partial charge in [0.05, 0.1) is 12.7 Å². The highest BCUT2D eigenvalue weighted by Crippen LogP contribution is 2.33. The zero-order valence-electron chi connectivity index (χ0n) is 17.9. The largest absolute Gasteiger partial charge is 0.467 e. The molecule has 3 aromatic rings. The van der Waals surface area contributed by atoms with Crippen molar-refractivity contribution in [3.05, 3.63) is 59.7 Å². The molecular weight excluding hydrogens is 398 g/mol. The minimum atomic E-state index is -0.947. The van der Waals surface area contributed by atoms with E-state index in [-0.39, 0.29) is 6.42 Å². The van der Waals surface area contributed by atoms with Gasteiger partial charge in [0.2, 0.25) is 0 Å². The van der Waals surface area contributed by atoms with Crippen molar-refractivity contribution in [2.45, 2.75) is 38.8 Å². The van der Waals surface area contributed by atoms with Crippen molar-refractivity contribution in [2.75, 3.05) is 7.11 Å². The molecule has 7 heteroatoms. The molecule has 0 fully saturated rings. The number of carbonyl (C=O) groups is 3. The van der Waals surface area contributed by atoms with Crippen LogP contribution in [-0.2, 0) is 20.7 Å². The van der Waals surface area contributed by atoms with Crippen LogP contribution in [0.1, 0.15) is 36.7 Å². The second-order valence-corrected chi connectivity index (χ2v) is 8.09. The lowest BCUT2D eigenvalue weighted by Crippen LogP contribution is -2.45. The van der Waals surface area contributed by atoms with Crippen molar-refractivity contribution in [1.82, 2.24) is 5.32 Å². The van der Waals surface area contributed by atoms with E-state index in [1.165, 1.54) is 7.11 Å². The maximum atomic E-state index is 12.2. The van der Waals surface area contributed by atoms with Crippen molar-refractivity contribution < 1.29 is 28.3 Å². The van der Waals surface area contributed by atoms with Crippen LogP contribution in [0.25, 0.3) is 22.3 Å². The number of furan rings is 1. The zero-order chi connectivity index (χ0) is 22.6. The molecule has 0 aliphatic carbocycles. The summed E-state index contributed by atoms with van der Waals surface area (Å²) in [5.41, 5.74) is 1.80. The van der Waals surface area contributed by atoms with Crippen LogP contribution in [0.4, 0.5) is 4.79 Å². The first-order chi connectivity index (χ1) is 14.7. The minimum absolute atomic E-state index is 0.159. The maximum Gasteiger partial charge on any atom is 0.408 e. The molecule has 1 atom stereocenters. The van der Waals surface area contributed by atoms with Crippen LogP contribution in [0.15, 0.2) is 52.9 Å². The van der Waals surface area contributed by atoms with E-state index in [1.807, 2.05) is 30.3 Å². The van der Waals surface area contributed by atoms with Gasteiger partial charge in [0, 0.05) is 17.4 Å². The summed E-state index contributed by atoms with van der Waals surface area (Å²) in [6.07, 6.45) is 0.202. The smallest absolute Gasteiger partial charge is 0.408 e. The first kappa shape index (κ1) is 22.1. The van der Waals surface area contributed by atoms with Gasteiger partial charge in [0.1, 0.15) is 23.0 Å². The zero-order valence-corrected chi connectivity index (χ0v) is 17.9. The van der Waals surface area contributed by atoms with Crippen LogP contribution in [0.5, 0.6) is 0 Å². The van der Waals surface area contributed by atoms with E-state index in [2.05, 4.69) is 5.32 Å². The van der Waals surface area contributed by atoms with Gasteiger partial charge in [-0.3, -0.25) is 4.79 Å². The fourth-order valence-electron chi connectivity index (χ4n) is 3.23. The molecule has 0 aliphatic heterocycles. The lowest BCUT2D eigenvalue weighted by Gasteiger charge is -2.22. The quantitative estimate of drug-likeness (QED) is 0.463. The highest BCUT2D eigenvalue weighted by molar-refractivity contribution is 6.02. The summed E-state index contributed by atoms with van der Waals surface area (Å²) in [6, 6.07) is 13.7. The first-order valence-corrected chi connectivity index (χ1v) is 9.85. The lowest BCUT2D eigenvalue weighted by molar-refractivity contribution is -0.143. The number of aldehydes is 1. The van der Waals surface area contributed by atoms with Crippen molar-refractivity contribution >= 4 is 29.3 Å². The van der Waals surface area contributed by atoms with Crippen LogP contribution in [0.2, 0.25) is 0 Å². The van der Waals surface area contributed by atoms with E-state index in [1.54, 1.807) is 39.0 Å². The number of carbonyl (C=O) groups excluding carboxylic acids is 3. The normalized spacial score (nSPS) is 12.3. The molecule has 31 heavy (non-hydrogen) atoms. The SMILES string of the molecule is COC(=O)[C@H](Cc1ccc2oc(-c3ccccc3)c(C=O)c2c1)NC(=O)OC(C)(C)C. The second kappa shape index (κ2) is 9.04. The summed E-state index contributed by atoms with van der Waals surface area (Å²) < 4.78 is 16.0. The molecule has 1 heterocycles. The maximum absolute atomic E-state index is 12.2. The fourth-order valence-corrected chi connectivity index (χ4v) is 3.23. The summed E-state index contributed by atoms with van der Waals surface area (Å²) in [6.45, 7) is 5.20. The van der Waals surface area contributed by atoms with Crippen molar-refractivity contribution in [2.24, 2.45) is 0 Å². The molecule has 0 bridgehead atoms. The van der Waals surface area contributed by atoms with Crippen molar-refractivity contribution in [1.29, 1.82) is 0 Å². The third-order valence-electron chi connectivity index (χ3n) is 4.56. The number of amides is 1. The van der Waals surface area contributed by atoms with Crippen LogP contribution in [0.3, 0.4) is 0 Å². The van der Waals surface area contributed by atoms with Gasteiger partial charge in [0.15, 0.2) is 6.29 Å². The molecule has 1 aromatic heterocycles. The molecule has 3 rings (SSSR count). The number of benzene rings is 2. The molecule has 7 nitrogen and oxygen atoms in total. The van der Waals surface area contributed by atoms with E-state index in [9.17, 15) is 14.4 Å². The van der Waals surface area contributed by atoms with Gasteiger partial charge in [-0.15, -0.1) is 0 Å². The topological polar surface area (TPSA) is 94.8 Å². The molecule has 1 amide bonds. The van der Waals surface area contributed by atoms with Gasteiger partial charge >= 0.3 is 12.1 Å². The Labute approximate surface area is 180 Å². The van der Waals surface area contributed by atoms with Crippen LogP contribution >= 0.6 is 0 Å². The standard InChI is InChI=1S/C24H25NO6/c1-24(2,3)31-23(28)25-19(22(27)29-4)13-15-10-11-20-17(12-15)18(14-26)21(30-20)16-8-6-5-7-9-16/h5-12,14,19H,13H2,1-4H3,(H,25,28)/t19-/m0/s1. The molecule has 0 unspecified atom stereocenters. The third kappa shape index (κ3) is 5.31. The predicted octanol–water partition coefficient (Wildman–Crippen LogP) is 4.52. The number of nitrogens with one attached hydrogen (secondary N) is 1. The van der Waals surface area contributed by atoms with Gasteiger partial charge in [0.25, 0.3) is 0 Å². The average Bonchev–Trinajstić information content (AvgIpc) is 3.09. The van der Waals surface area contributed by atoms with E-state index < -0.39 is 23.7 Å². The lowest BCUT2D eigenvalue weighted by atomic mass is 10.0. The number of methoxy groups -OCH3 is 1. The van der Waals surface area contributed by atoms with E-state index in [0.717, 1.165) is 17.4 Å². The molecule has 0 radical (unpaired) electrons. The summed E-state index contributed by atoms with van der Waals surface area (Å²) in [5, 5.41) is 3.18. The predicted molar refractivity (Wildman–Crippen MR) is 116 cm³/mol. The monoisotopic (exact) mass is 423 g/mol. The van der Waals surface area contributed by atoms with Gasteiger partial charge in [-0.25, -0.2) is 9.59 Å². The number of hydrogen-bond acceptors (Lipinski definition) is 6. The highest BCUT2D eigenvalue weighted by Gasteiger charge is 2.26. The molecule has 0 aliphatic rings. The van der Waals surface area contributed by atoms with Crippen LogP contribution in [0, 0.1) is 0 Å². The van der Waals surface area contributed by atoms with E-state index in [4.69, 9.17) is 13.9 Å². The summed E-state index contributed by atoms with van der Waals surface area (Å²) >= 11 is 0. The highest BCUT2D eigenvalue weighted by atomic mass is 16.6. The Morgan fingerprint density at radius 1 is 1.13 bits per heavy atom. The van der Waals surface area contributed by atoms with Gasteiger partial charge < -0.3 is 19.2 Å². The Balaban J connectivity index is 1.91. The Bertz CT molecular complexity index is 1090. The number of rotatable bonds is 6. The second-order valence-electron chi connectivity index (χ2n) is 8.09. The summed E-state index contributed by atoms with van der Waals surface area (Å²) in [4.78, 5) is 36.2. The number of esters is 1. The average molecular weight is 423 g/mol. The minimum Gasteiger partial charge on any atom is -0.467 e. The Morgan fingerprint density at radius 2 is 1.84 bits per heavy atom. The number of fused-ring (bicyclic) bond motifs is 1. The Morgan fingerprint density at radius 3 is 2.45 bits per heavy atom. The van der Waals surface area contributed by atoms with Crippen LogP contribution in [-0.4, -0.2) is 37.1 Å². The number of alkyl carbamates (subject to hydrolysis) is 1. The first-order valence-electron chi connectivity index (χ1n) is 9.85. The molecule has 1 N–H and O–H groups in total. The Kier molecular flexibility index (Phi) is 6.44. The van der Waals surface area contributed by atoms with Gasteiger partial charge in [-0.2, -0.15) is 0 Å². The molecule has 0 spiro atoms. The van der Waals surface area contributed by atoms with Crippen LogP contribution < -0.4 is 5.32 Å². The molecule has 0 saturated carbocycles. The number of ether oxygens (including phenoxy) is 2. The molecule has 2 aromatic carbocycles. The Hall–Kier alpha value is -3.61. The molecule has 0 saturated heterocycles. The van der Waals surface area contributed by atoms with Crippen molar-refractivity contribution in [3.63, 3.8) is 0 Å².